The van der Waals surface area contributed by atoms with Crippen LogP contribution in [0.3, 0.4) is 0 Å². The van der Waals surface area contributed by atoms with Gasteiger partial charge in [0.25, 0.3) is 0 Å². The van der Waals surface area contributed by atoms with E-state index in [2.05, 4.69) is 5.32 Å². The molecule has 5 rings (SSSR count). The van der Waals surface area contributed by atoms with Crippen molar-refractivity contribution in [3.8, 4) is 0 Å². The maximum Gasteiger partial charge on any atom is 0.233 e. The molecule has 0 radical (unpaired) electrons. The van der Waals surface area contributed by atoms with Gasteiger partial charge in [-0.05, 0) is 62.3 Å². The molecule has 2 saturated carbocycles. The summed E-state index contributed by atoms with van der Waals surface area (Å²) in [5, 5.41) is 4.39. The molecule has 1 aliphatic heterocycles. The zero-order valence-electron chi connectivity index (χ0n) is 16.2. The Morgan fingerprint density at radius 3 is 2.59 bits per heavy atom. The Bertz CT molecular complexity index is 987. The molecule has 2 heterocycles. The lowest BCUT2D eigenvalue weighted by Crippen LogP contribution is -2.37. The molecule has 1 aromatic heterocycles. The highest BCUT2D eigenvalue weighted by molar-refractivity contribution is 6.31. The van der Waals surface area contributed by atoms with Gasteiger partial charge in [0.1, 0.15) is 11.3 Å². The number of benzene rings is 1. The molecule has 29 heavy (non-hydrogen) atoms. The van der Waals surface area contributed by atoms with Crippen LogP contribution in [0.2, 0.25) is 5.02 Å². The second kappa shape index (κ2) is 6.87. The second-order valence-electron chi connectivity index (χ2n) is 8.58. The number of fused-ring (bicyclic) bond motifs is 6. The largest absolute Gasteiger partial charge is 0.459 e. The van der Waals surface area contributed by atoms with Gasteiger partial charge in [-0.2, -0.15) is 0 Å². The van der Waals surface area contributed by atoms with E-state index in [1.54, 1.807) is 12.1 Å². The number of rotatable bonds is 5. The minimum absolute atomic E-state index is 0.0674. The van der Waals surface area contributed by atoms with Gasteiger partial charge in [-0.25, -0.2) is 0 Å². The van der Waals surface area contributed by atoms with E-state index in [0.29, 0.717) is 28.2 Å². The summed E-state index contributed by atoms with van der Waals surface area (Å²) in [6.45, 7) is 1.99. The van der Waals surface area contributed by atoms with Gasteiger partial charge in [0.05, 0.1) is 17.9 Å². The van der Waals surface area contributed by atoms with Crippen molar-refractivity contribution in [2.75, 3.05) is 6.54 Å². The molecule has 2 aromatic rings. The predicted octanol–water partition coefficient (Wildman–Crippen LogP) is 3.68. The van der Waals surface area contributed by atoms with Crippen LogP contribution in [0.4, 0.5) is 0 Å². The summed E-state index contributed by atoms with van der Waals surface area (Å²) in [6, 6.07) is 6.90. The van der Waals surface area contributed by atoms with Crippen LogP contribution in [0, 0.1) is 23.7 Å². The molecular weight excluding hydrogens is 392 g/mol. The highest BCUT2D eigenvalue weighted by Crippen LogP contribution is 2.56. The molecule has 152 valence electrons. The number of hydrogen-bond donors (Lipinski definition) is 1. The van der Waals surface area contributed by atoms with Crippen molar-refractivity contribution in [1.29, 1.82) is 0 Å². The van der Waals surface area contributed by atoms with E-state index in [9.17, 15) is 14.4 Å². The number of likely N-dealkylation sites (tertiary alicyclic amines) is 1. The number of hydrogen-bond acceptors (Lipinski definition) is 4. The molecule has 3 amide bonds. The van der Waals surface area contributed by atoms with Crippen molar-refractivity contribution in [1.82, 2.24) is 10.2 Å². The number of amides is 3. The molecule has 5 atom stereocenters. The molecule has 2 aliphatic carbocycles. The first-order valence-corrected chi connectivity index (χ1v) is 10.6. The van der Waals surface area contributed by atoms with E-state index >= 15 is 0 Å². The van der Waals surface area contributed by atoms with Crippen molar-refractivity contribution in [2.45, 2.75) is 38.6 Å². The van der Waals surface area contributed by atoms with E-state index in [4.69, 9.17) is 16.0 Å². The molecule has 2 bridgehead atoms. The standard InChI is InChI=1S/C22H23ClN2O4/c1-11(17-10-14-9-15(23)4-5-16(14)29-17)24-18(26)6-7-25-21(27)19-12-2-3-13(8-12)20(19)22(25)28/h4-5,9-13,19-20H,2-3,6-8H2,1H3,(H,24,26)/t11-,12-,13-,19+,20+/m0/s1. The van der Waals surface area contributed by atoms with E-state index in [1.807, 2.05) is 19.1 Å². The van der Waals surface area contributed by atoms with E-state index < -0.39 is 0 Å². The Morgan fingerprint density at radius 1 is 1.21 bits per heavy atom. The van der Waals surface area contributed by atoms with Crippen LogP contribution in [-0.4, -0.2) is 29.2 Å². The molecule has 3 fully saturated rings. The first-order valence-electron chi connectivity index (χ1n) is 10.3. The van der Waals surface area contributed by atoms with Gasteiger partial charge in [-0.1, -0.05) is 11.6 Å². The van der Waals surface area contributed by atoms with Crippen LogP contribution < -0.4 is 5.32 Å². The topological polar surface area (TPSA) is 79.6 Å². The number of carbonyl (C=O) groups is 3. The fourth-order valence-electron chi connectivity index (χ4n) is 5.54. The predicted molar refractivity (Wildman–Crippen MR) is 107 cm³/mol. The number of imide groups is 1. The summed E-state index contributed by atoms with van der Waals surface area (Å²) in [7, 11) is 0. The summed E-state index contributed by atoms with van der Waals surface area (Å²) in [5.74, 6) is 0.746. The summed E-state index contributed by atoms with van der Waals surface area (Å²) >= 11 is 6.00. The van der Waals surface area contributed by atoms with Crippen molar-refractivity contribution >= 4 is 40.3 Å². The third-order valence-electron chi connectivity index (χ3n) is 6.88. The third kappa shape index (κ3) is 3.05. The van der Waals surface area contributed by atoms with Crippen LogP contribution >= 0.6 is 11.6 Å². The molecular formula is C22H23ClN2O4. The van der Waals surface area contributed by atoms with Crippen LogP contribution in [0.1, 0.15) is 44.4 Å². The summed E-state index contributed by atoms with van der Waals surface area (Å²) in [5.41, 5.74) is 0.708. The maximum absolute atomic E-state index is 12.7. The highest BCUT2D eigenvalue weighted by atomic mass is 35.5. The van der Waals surface area contributed by atoms with Crippen LogP contribution in [0.5, 0.6) is 0 Å². The lowest BCUT2D eigenvalue weighted by atomic mass is 9.81. The van der Waals surface area contributed by atoms with Gasteiger partial charge in [0, 0.05) is 23.4 Å². The van der Waals surface area contributed by atoms with Gasteiger partial charge in [-0.15, -0.1) is 0 Å². The Balaban J connectivity index is 1.20. The van der Waals surface area contributed by atoms with Gasteiger partial charge in [-0.3, -0.25) is 19.3 Å². The van der Waals surface area contributed by atoms with Gasteiger partial charge in [0.2, 0.25) is 17.7 Å². The normalized spacial score (nSPS) is 29.0. The summed E-state index contributed by atoms with van der Waals surface area (Å²) in [6.07, 6.45) is 3.23. The number of furan rings is 1. The zero-order valence-corrected chi connectivity index (χ0v) is 16.9. The van der Waals surface area contributed by atoms with E-state index in [0.717, 1.165) is 24.6 Å². The lowest BCUT2D eigenvalue weighted by Gasteiger charge is -2.19. The first kappa shape index (κ1) is 18.7. The van der Waals surface area contributed by atoms with Gasteiger partial charge in [0.15, 0.2) is 0 Å². The van der Waals surface area contributed by atoms with Crippen molar-refractivity contribution in [3.63, 3.8) is 0 Å². The first-order chi connectivity index (χ1) is 13.9. The molecule has 6 nitrogen and oxygen atoms in total. The highest BCUT2D eigenvalue weighted by Gasteiger charge is 2.60. The van der Waals surface area contributed by atoms with Crippen LogP contribution in [0.25, 0.3) is 11.0 Å². The van der Waals surface area contributed by atoms with Crippen molar-refractivity contribution in [2.24, 2.45) is 23.7 Å². The van der Waals surface area contributed by atoms with Crippen molar-refractivity contribution in [3.05, 3.63) is 35.0 Å². The molecule has 0 spiro atoms. The molecule has 7 heteroatoms. The second-order valence-corrected chi connectivity index (χ2v) is 9.02. The quantitative estimate of drug-likeness (QED) is 0.757. The average molecular weight is 415 g/mol. The zero-order chi connectivity index (χ0) is 20.3. The monoisotopic (exact) mass is 414 g/mol. The minimum Gasteiger partial charge on any atom is -0.459 e. The lowest BCUT2D eigenvalue weighted by molar-refractivity contribution is -0.141. The third-order valence-corrected chi connectivity index (χ3v) is 7.12. The number of nitrogens with zero attached hydrogens (tertiary/aromatic N) is 1. The summed E-state index contributed by atoms with van der Waals surface area (Å²) in [4.78, 5) is 39.2. The maximum atomic E-state index is 12.7. The van der Waals surface area contributed by atoms with E-state index in [-0.39, 0.29) is 48.6 Å². The Labute approximate surface area is 173 Å². The Kier molecular flexibility index (Phi) is 4.42. The molecule has 1 N–H and O–H groups in total. The SMILES string of the molecule is C[C@H](NC(=O)CCN1C(=O)[C@@H]2[C@H]3CC[C@@H](C3)[C@H]2C1=O)c1cc2cc(Cl)ccc2o1. The van der Waals surface area contributed by atoms with Gasteiger partial charge >= 0.3 is 0 Å². The van der Waals surface area contributed by atoms with Gasteiger partial charge < -0.3 is 9.73 Å². The average Bonchev–Trinajstić information content (AvgIpc) is 3.43. The van der Waals surface area contributed by atoms with E-state index in [1.165, 1.54) is 4.90 Å². The summed E-state index contributed by atoms with van der Waals surface area (Å²) < 4.78 is 5.79. The fourth-order valence-corrected chi connectivity index (χ4v) is 5.72. The number of halogens is 1. The smallest absolute Gasteiger partial charge is 0.233 e. The minimum atomic E-state index is -0.325. The Hall–Kier alpha value is -2.34. The Morgan fingerprint density at radius 2 is 1.90 bits per heavy atom. The van der Waals surface area contributed by atoms with Crippen molar-refractivity contribution < 1.29 is 18.8 Å². The fraction of sp³-hybridized carbons (Fsp3) is 0.500. The molecule has 3 aliphatic rings. The van der Waals surface area contributed by atoms with Crippen LogP contribution in [-0.2, 0) is 14.4 Å². The molecule has 1 aromatic carbocycles. The molecule has 1 saturated heterocycles. The number of carbonyl (C=O) groups excluding carboxylic acids is 3. The molecule has 0 unspecified atom stereocenters. The number of nitrogens with one attached hydrogen (secondary N) is 1. The van der Waals surface area contributed by atoms with Crippen LogP contribution in [0.15, 0.2) is 28.7 Å².